The zero-order valence-electron chi connectivity index (χ0n) is 11.7. The molecule has 1 aromatic heterocycles. The lowest BCUT2D eigenvalue weighted by atomic mass is 9.80. The van der Waals surface area contributed by atoms with Crippen LogP contribution in [0.15, 0.2) is 0 Å². The SMILES string of the molecule is CCc1nc(C2CCC(CC)CC2)nc(Cl)c1C. The van der Waals surface area contributed by atoms with Crippen LogP contribution in [0.5, 0.6) is 0 Å². The molecule has 3 heteroatoms. The predicted molar refractivity (Wildman–Crippen MR) is 76.1 cm³/mol. The van der Waals surface area contributed by atoms with Crippen LogP contribution in [0.4, 0.5) is 0 Å². The van der Waals surface area contributed by atoms with Crippen molar-refractivity contribution in [2.75, 3.05) is 0 Å². The van der Waals surface area contributed by atoms with Crippen molar-refractivity contribution in [3.8, 4) is 0 Å². The van der Waals surface area contributed by atoms with Crippen molar-refractivity contribution < 1.29 is 0 Å². The summed E-state index contributed by atoms with van der Waals surface area (Å²) in [6, 6.07) is 0. The van der Waals surface area contributed by atoms with Gasteiger partial charge < -0.3 is 0 Å². The Hall–Kier alpha value is -0.630. The number of halogens is 1. The Morgan fingerprint density at radius 2 is 1.78 bits per heavy atom. The fourth-order valence-electron chi connectivity index (χ4n) is 2.91. The number of rotatable bonds is 3. The van der Waals surface area contributed by atoms with Crippen LogP contribution in [-0.4, -0.2) is 9.97 Å². The second kappa shape index (κ2) is 6.01. The van der Waals surface area contributed by atoms with E-state index in [4.69, 9.17) is 16.6 Å². The van der Waals surface area contributed by atoms with Gasteiger partial charge in [-0.05, 0) is 44.9 Å². The Labute approximate surface area is 115 Å². The molecular formula is C15H23ClN2. The van der Waals surface area contributed by atoms with Crippen molar-refractivity contribution in [3.63, 3.8) is 0 Å². The molecule has 1 aromatic rings. The zero-order valence-corrected chi connectivity index (χ0v) is 12.4. The van der Waals surface area contributed by atoms with Gasteiger partial charge in [0.25, 0.3) is 0 Å². The maximum absolute atomic E-state index is 6.22. The highest BCUT2D eigenvalue weighted by molar-refractivity contribution is 6.30. The summed E-state index contributed by atoms with van der Waals surface area (Å²) in [5.74, 6) is 2.42. The molecule has 0 radical (unpaired) electrons. The van der Waals surface area contributed by atoms with E-state index in [1.54, 1.807) is 0 Å². The highest BCUT2D eigenvalue weighted by atomic mass is 35.5. The maximum atomic E-state index is 6.22. The van der Waals surface area contributed by atoms with Gasteiger partial charge in [0.2, 0.25) is 0 Å². The summed E-state index contributed by atoms with van der Waals surface area (Å²) in [5, 5.41) is 0.648. The molecule has 1 heterocycles. The minimum atomic E-state index is 0.524. The number of nitrogens with zero attached hydrogens (tertiary/aromatic N) is 2. The molecule has 1 saturated carbocycles. The van der Waals surface area contributed by atoms with E-state index in [-0.39, 0.29) is 0 Å². The molecule has 2 nitrogen and oxygen atoms in total. The third-order valence-electron chi connectivity index (χ3n) is 4.33. The van der Waals surface area contributed by atoms with Crippen LogP contribution in [0.3, 0.4) is 0 Å². The Kier molecular flexibility index (Phi) is 4.60. The van der Waals surface area contributed by atoms with Crippen molar-refractivity contribution in [3.05, 3.63) is 22.2 Å². The van der Waals surface area contributed by atoms with E-state index in [2.05, 4.69) is 18.8 Å². The van der Waals surface area contributed by atoms with Gasteiger partial charge in [0.15, 0.2) is 0 Å². The highest BCUT2D eigenvalue weighted by Crippen LogP contribution is 2.36. The molecule has 100 valence electrons. The van der Waals surface area contributed by atoms with Crippen LogP contribution in [0.25, 0.3) is 0 Å². The van der Waals surface area contributed by atoms with Crippen molar-refractivity contribution in [2.45, 2.75) is 65.2 Å². The summed E-state index contributed by atoms with van der Waals surface area (Å²) in [4.78, 5) is 9.24. The van der Waals surface area contributed by atoms with Crippen molar-refractivity contribution in [2.24, 2.45) is 5.92 Å². The summed E-state index contributed by atoms with van der Waals surface area (Å²) in [6.45, 7) is 6.43. The molecule has 0 aromatic carbocycles. The molecule has 0 spiro atoms. The average molecular weight is 267 g/mol. The first kappa shape index (κ1) is 13.8. The molecule has 0 unspecified atom stereocenters. The van der Waals surface area contributed by atoms with Gasteiger partial charge in [-0.2, -0.15) is 0 Å². The molecular weight excluding hydrogens is 244 g/mol. The summed E-state index contributed by atoms with van der Waals surface area (Å²) in [7, 11) is 0. The highest BCUT2D eigenvalue weighted by Gasteiger charge is 2.24. The second-order valence-electron chi connectivity index (χ2n) is 5.42. The Balaban J connectivity index is 2.17. The molecule has 1 aliphatic carbocycles. The third-order valence-corrected chi connectivity index (χ3v) is 4.70. The summed E-state index contributed by atoms with van der Waals surface area (Å²) >= 11 is 6.22. The first-order valence-corrected chi connectivity index (χ1v) is 7.56. The lowest BCUT2D eigenvalue weighted by Crippen LogP contribution is -2.16. The van der Waals surface area contributed by atoms with E-state index in [1.807, 2.05) is 6.92 Å². The molecule has 0 aliphatic heterocycles. The molecule has 0 N–H and O–H groups in total. The zero-order chi connectivity index (χ0) is 13.1. The number of aryl methyl sites for hydroxylation is 1. The lowest BCUT2D eigenvalue weighted by molar-refractivity contribution is 0.312. The molecule has 1 aliphatic rings. The van der Waals surface area contributed by atoms with Crippen LogP contribution in [0, 0.1) is 12.8 Å². The topological polar surface area (TPSA) is 25.8 Å². The van der Waals surface area contributed by atoms with Gasteiger partial charge in [-0.15, -0.1) is 0 Å². The van der Waals surface area contributed by atoms with Gasteiger partial charge in [0.05, 0.1) is 0 Å². The molecule has 18 heavy (non-hydrogen) atoms. The number of hydrogen-bond donors (Lipinski definition) is 0. The van der Waals surface area contributed by atoms with E-state index in [9.17, 15) is 0 Å². The first-order chi connectivity index (χ1) is 8.65. The first-order valence-electron chi connectivity index (χ1n) is 7.18. The summed E-state index contributed by atoms with van der Waals surface area (Å²) in [5.41, 5.74) is 2.16. The van der Waals surface area contributed by atoms with Crippen molar-refractivity contribution >= 4 is 11.6 Å². The van der Waals surface area contributed by atoms with Gasteiger partial charge in [-0.25, -0.2) is 9.97 Å². The van der Waals surface area contributed by atoms with E-state index >= 15 is 0 Å². The van der Waals surface area contributed by atoms with Crippen LogP contribution in [0.2, 0.25) is 5.15 Å². The van der Waals surface area contributed by atoms with Crippen LogP contribution < -0.4 is 0 Å². The van der Waals surface area contributed by atoms with Gasteiger partial charge in [-0.3, -0.25) is 0 Å². The molecule has 0 saturated heterocycles. The Bertz CT molecular complexity index is 409. The van der Waals surface area contributed by atoms with Crippen LogP contribution in [-0.2, 0) is 6.42 Å². The summed E-state index contributed by atoms with van der Waals surface area (Å²) < 4.78 is 0. The Morgan fingerprint density at radius 3 is 2.33 bits per heavy atom. The van der Waals surface area contributed by atoms with E-state index in [1.165, 1.54) is 32.1 Å². The normalized spacial score (nSPS) is 24.2. The molecule has 0 atom stereocenters. The predicted octanol–water partition coefficient (Wildman–Crippen LogP) is 4.68. The van der Waals surface area contributed by atoms with Crippen molar-refractivity contribution in [1.29, 1.82) is 0 Å². The number of aromatic nitrogens is 2. The van der Waals surface area contributed by atoms with Crippen LogP contribution >= 0.6 is 11.6 Å². The van der Waals surface area contributed by atoms with Crippen molar-refractivity contribution in [1.82, 2.24) is 9.97 Å². The lowest BCUT2D eigenvalue weighted by Gasteiger charge is -2.27. The quantitative estimate of drug-likeness (QED) is 0.742. The minimum Gasteiger partial charge on any atom is -0.237 e. The van der Waals surface area contributed by atoms with E-state index < -0.39 is 0 Å². The fourth-order valence-corrected chi connectivity index (χ4v) is 3.10. The molecule has 0 bridgehead atoms. The maximum Gasteiger partial charge on any atom is 0.135 e. The van der Waals surface area contributed by atoms with Gasteiger partial charge in [0, 0.05) is 17.2 Å². The fraction of sp³-hybridized carbons (Fsp3) is 0.733. The molecule has 0 amide bonds. The van der Waals surface area contributed by atoms with Gasteiger partial charge >= 0.3 is 0 Å². The monoisotopic (exact) mass is 266 g/mol. The Morgan fingerprint density at radius 1 is 1.11 bits per heavy atom. The van der Waals surface area contributed by atoms with Gasteiger partial charge in [0.1, 0.15) is 11.0 Å². The second-order valence-corrected chi connectivity index (χ2v) is 5.78. The average Bonchev–Trinajstić information content (AvgIpc) is 2.42. The molecule has 2 rings (SSSR count). The minimum absolute atomic E-state index is 0.524. The van der Waals surface area contributed by atoms with Gasteiger partial charge in [-0.1, -0.05) is 31.9 Å². The molecule has 1 fully saturated rings. The largest absolute Gasteiger partial charge is 0.237 e. The standard InChI is InChI=1S/C15H23ClN2/c1-4-11-6-8-12(9-7-11)15-17-13(5-2)10(3)14(16)18-15/h11-12H,4-9H2,1-3H3. The number of hydrogen-bond acceptors (Lipinski definition) is 2. The van der Waals surface area contributed by atoms with E-state index in [0.29, 0.717) is 11.1 Å². The van der Waals surface area contributed by atoms with E-state index in [0.717, 1.165) is 29.4 Å². The smallest absolute Gasteiger partial charge is 0.135 e. The van der Waals surface area contributed by atoms with Crippen LogP contribution in [0.1, 0.15) is 69.0 Å². The third kappa shape index (κ3) is 2.85. The summed E-state index contributed by atoms with van der Waals surface area (Å²) in [6.07, 6.45) is 7.32.